The molecule has 0 heterocycles. The Labute approximate surface area is 208 Å². The van der Waals surface area contributed by atoms with Gasteiger partial charge in [0.15, 0.2) is 0 Å². The maximum absolute atomic E-state index is 13.3. The van der Waals surface area contributed by atoms with E-state index < -0.39 is 17.2 Å². The lowest BCUT2D eigenvalue weighted by atomic mass is 9.93. The summed E-state index contributed by atoms with van der Waals surface area (Å²) in [6.07, 6.45) is -3.00. The molecule has 0 spiro atoms. The number of amides is 2. The molecule has 3 aromatic carbocycles. The Kier molecular flexibility index (Phi) is 6.69. The molecule has 7 heteroatoms. The van der Waals surface area contributed by atoms with Crippen LogP contribution in [0.2, 0.25) is 0 Å². The summed E-state index contributed by atoms with van der Waals surface area (Å²) in [6, 6.07) is 15.8. The smallest absolute Gasteiger partial charge is 0.352 e. The van der Waals surface area contributed by atoms with Crippen LogP contribution in [0.3, 0.4) is 0 Å². The number of hydrogen-bond donors (Lipinski definition) is 2. The molecule has 188 valence electrons. The van der Waals surface area contributed by atoms with Gasteiger partial charge in [-0.3, -0.25) is 9.59 Å². The van der Waals surface area contributed by atoms with Crippen LogP contribution in [0.4, 0.5) is 18.9 Å². The van der Waals surface area contributed by atoms with Gasteiger partial charge in [-0.25, -0.2) is 0 Å². The van der Waals surface area contributed by atoms with Gasteiger partial charge in [-0.1, -0.05) is 51.1 Å². The van der Waals surface area contributed by atoms with Crippen LogP contribution in [0.5, 0.6) is 0 Å². The first-order valence-electron chi connectivity index (χ1n) is 11.8. The van der Waals surface area contributed by atoms with Crippen molar-refractivity contribution >= 4 is 17.5 Å². The molecular formula is C29H29F3N2O2. The summed E-state index contributed by atoms with van der Waals surface area (Å²) in [4.78, 5) is 25.6. The lowest BCUT2D eigenvalue weighted by Crippen LogP contribution is -2.42. The second kappa shape index (κ2) is 9.45. The van der Waals surface area contributed by atoms with Crippen molar-refractivity contribution in [3.05, 3.63) is 88.5 Å². The fraction of sp³-hybridized carbons (Fsp3) is 0.310. The Bertz CT molecular complexity index is 1310. The minimum Gasteiger partial charge on any atom is -0.352 e. The van der Waals surface area contributed by atoms with E-state index in [1.807, 2.05) is 52.0 Å². The zero-order chi connectivity index (χ0) is 26.3. The lowest BCUT2D eigenvalue weighted by molar-refractivity contribution is -0.137. The third kappa shape index (κ3) is 5.45. The fourth-order valence-electron chi connectivity index (χ4n) is 4.46. The van der Waals surface area contributed by atoms with E-state index in [9.17, 15) is 22.8 Å². The topological polar surface area (TPSA) is 58.2 Å². The van der Waals surface area contributed by atoms with E-state index in [1.54, 1.807) is 12.1 Å². The minimum atomic E-state index is -4.42. The SMILES string of the molecule is Cc1cccc(C(=O)Nc2ccc3c(c2)CC(NC(=O)C(C)(C)C)C3)c1-c1ccc(C(F)(F)F)cc1. The Hall–Kier alpha value is -3.61. The van der Waals surface area contributed by atoms with Gasteiger partial charge in [0.1, 0.15) is 0 Å². The maximum Gasteiger partial charge on any atom is 0.416 e. The normalized spacial score (nSPS) is 15.4. The van der Waals surface area contributed by atoms with E-state index in [-0.39, 0.29) is 17.9 Å². The molecule has 36 heavy (non-hydrogen) atoms. The van der Waals surface area contributed by atoms with E-state index in [0.717, 1.165) is 35.2 Å². The summed E-state index contributed by atoms with van der Waals surface area (Å²) >= 11 is 0. The van der Waals surface area contributed by atoms with Crippen LogP contribution >= 0.6 is 0 Å². The molecule has 0 aliphatic heterocycles. The first-order valence-corrected chi connectivity index (χ1v) is 11.8. The zero-order valence-electron chi connectivity index (χ0n) is 20.7. The Morgan fingerprint density at radius 2 is 1.56 bits per heavy atom. The summed E-state index contributed by atoms with van der Waals surface area (Å²) in [7, 11) is 0. The quantitative estimate of drug-likeness (QED) is 0.431. The third-order valence-electron chi connectivity index (χ3n) is 6.43. The van der Waals surface area contributed by atoms with Crippen LogP contribution in [0, 0.1) is 12.3 Å². The monoisotopic (exact) mass is 494 g/mol. The summed E-state index contributed by atoms with van der Waals surface area (Å²) in [5.41, 5.74) is 3.92. The van der Waals surface area contributed by atoms with Gasteiger partial charge in [0.05, 0.1) is 5.56 Å². The molecule has 4 rings (SSSR count). The van der Waals surface area contributed by atoms with Crippen LogP contribution in [-0.2, 0) is 23.8 Å². The van der Waals surface area contributed by atoms with Gasteiger partial charge in [-0.05, 0) is 77.9 Å². The number of anilines is 1. The number of halogens is 3. The van der Waals surface area contributed by atoms with E-state index in [1.165, 1.54) is 12.1 Å². The van der Waals surface area contributed by atoms with E-state index in [2.05, 4.69) is 10.6 Å². The molecule has 0 saturated carbocycles. The maximum atomic E-state index is 13.3. The summed E-state index contributed by atoms with van der Waals surface area (Å²) in [5, 5.41) is 6.03. The van der Waals surface area contributed by atoms with Crippen molar-refractivity contribution < 1.29 is 22.8 Å². The lowest BCUT2D eigenvalue weighted by Gasteiger charge is -2.21. The van der Waals surface area contributed by atoms with Crippen molar-refractivity contribution in [3.8, 4) is 11.1 Å². The highest BCUT2D eigenvalue weighted by atomic mass is 19.4. The zero-order valence-corrected chi connectivity index (χ0v) is 20.7. The van der Waals surface area contributed by atoms with Crippen LogP contribution in [0.25, 0.3) is 11.1 Å². The molecule has 0 saturated heterocycles. The van der Waals surface area contributed by atoms with Crippen LogP contribution in [0.15, 0.2) is 60.7 Å². The van der Waals surface area contributed by atoms with Crippen molar-refractivity contribution in [2.24, 2.45) is 5.41 Å². The number of alkyl halides is 3. The molecule has 4 nitrogen and oxygen atoms in total. The Morgan fingerprint density at radius 1 is 0.889 bits per heavy atom. The van der Waals surface area contributed by atoms with Gasteiger partial charge >= 0.3 is 6.18 Å². The predicted molar refractivity (Wildman–Crippen MR) is 135 cm³/mol. The van der Waals surface area contributed by atoms with E-state index >= 15 is 0 Å². The van der Waals surface area contributed by atoms with Gasteiger partial charge in [-0.15, -0.1) is 0 Å². The molecule has 1 unspecified atom stereocenters. The number of benzene rings is 3. The molecule has 2 N–H and O–H groups in total. The number of nitrogens with one attached hydrogen (secondary N) is 2. The van der Waals surface area contributed by atoms with Crippen LogP contribution < -0.4 is 10.6 Å². The van der Waals surface area contributed by atoms with Crippen molar-refractivity contribution in [2.45, 2.75) is 52.8 Å². The second-order valence-corrected chi connectivity index (χ2v) is 10.3. The van der Waals surface area contributed by atoms with Gasteiger partial charge < -0.3 is 10.6 Å². The van der Waals surface area contributed by atoms with Crippen molar-refractivity contribution in [1.29, 1.82) is 0 Å². The standard InChI is InChI=1S/C29H29F3N2O2/c1-17-6-5-7-24(25(17)18-8-11-21(12-9-18)29(30,31)32)26(35)33-22-13-10-19-14-23(16-20(19)15-22)34-27(36)28(2,3)4/h5-13,15,23H,14,16H2,1-4H3,(H,33,35)(H,34,36). The third-order valence-corrected chi connectivity index (χ3v) is 6.43. The first-order chi connectivity index (χ1) is 16.8. The second-order valence-electron chi connectivity index (χ2n) is 10.3. The predicted octanol–water partition coefficient (Wildman–Crippen LogP) is 6.56. The summed E-state index contributed by atoms with van der Waals surface area (Å²) in [6.45, 7) is 7.46. The highest BCUT2D eigenvalue weighted by Gasteiger charge is 2.30. The van der Waals surface area contributed by atoms with Crippen molar-refractivity contribution in [2.75, 3.05) is 5.32 Å². The molecule has 1 atom stereocenters. The first kappa shape index (κ1) is 25.5. The Morgan fingerprint density at radius 3 is 2.19 bits per heavy atom. The van der Waals surface area contributed by atoms with Gasteiger partial charge in [-0.2, -0.15) is 13.2 Å². The molecular weight excluding hydrogens is 465 g/mol. The van der Waals surface area contributed by atoms with Gasteiger partial charge in [0.25, 0.3) is 5.91 Å². The number of fused-ring (bicyclic) bond motifs is 1. The number of carbonyl (C=O) groups is 2. The molecule has 1 aliphatic carbocycles. The van der Waals surface area contributed by atoms with E-state index in [4.69, 9.17) is 0 Å². The largest absolute Gasteiger partial charge is 0.416 e. The average molecular weight is 495 g/mol. The molecule has 0 fully saturated rings. The summed E-state index contributed by atoms with van der Waals surface area (Å²) < 4.78 is 39.0. The summed E-state index contributed by atoms with van der Waals surface area (Å²) in [5.74, 6) is -0.340. The van der Waals surface area contributed by atoms with Gasteiger partial charge in [0, 0.05) is 22.7 Å². The van der Waals surface area contributed by atoms with Crippen LogP contribution in [-0.4, -0.2) is 17.9 Å². The molecule has 0 radical (unpaired) electrons. The fourth-order valence-corrected chi connectivity index (χ4v) is 4.46. The van der Waals surface area contributed by atoms with Gasteiger partial charge in [0.2, 0.25) is 5.91 Å². The number of aryl methyl sites for hydroxylation is 1. The number of rotatable bonds is 4. The highest BCUT2D eigenvalue weighted by molar-refractivity contribution is 6.09. The molecule has 1 aliphatic rings. The van der Waals surface area contributed by atoms with E-state index in [0.29, 0.717) is 28.8 Å². The molecule has 0 aromatic heterocycles. The minimum absolute atomic E-state index is 0.00377. The van der Waals surface area contributed by atoms with Crippen molar-refractivity contribution in [1.82, 2.24) is 5.32 Å². The molecule has 0 bridgehead atoms. The average Bonchev–Trinajstić information content (AvgIpc) is 3.19. The highest BCUT2D eigenvalue weighted by Crippen LogP contribution is 2.34. The molecule has 3 aromatic rings. The number of hydrogen-bond acceptors (Lipinski definition) is 2. The number of carbonyl (C=O) groups excluding carboxylic acids is 2. The van der Waals surface area contributed by atoms with Crippen LogP contribution in [0.1, 0.15) is 53.4 Å². The Balaban J connectivity index is 1.53. The van der Waals surface area contributed by atoms with Crippen molar-refractivity contribution in [3.63, 3.8) is 0 Å². The molecule has 2 amide bonds.